The van der Waals surface area contributed by atoms with Gasteiger partial charge in [-0.15, -0.1) is 11.3 Å². The van der Waals surface area contributed by atoms with Crippen LogP contribution in [0.2, 0.25) is 0 Å². The van der Waals surface area contributed by atoms with E-state index in [0.29, 0.717) is 12.3 Å². The molecule has 1 aliphatic rings. The lowest BCUT2D eigenvalue weighted by molar-refractivity contribution is 0.254. The molecule has 1 aromatic rings. The molecule has 0 aliphatic heterocycles. The molecule has 0 atom stereocenters. The van der Waals surface area contributed by atoms with Crippen LogP contribution in [0.25, 0.3) is 0 Å². The first-order valence-corrected chi connectivity index (χ1v) is 6.90. The van der Waals surface area contributed by atoms with Crippen LogP contribution in [-0.4, -0.2) is 28.5 Å². The fourth-order valence-corrected chi connectivity index (χ4v) is 2.68. The molecule has 1 heterocycles. The van der Waals surface area contributed by atoms with E-state index in [1.165, 1.54) is 17.7 Å². The Morgan fingerprint density at radius 2 is 2.41 bits per heavy atom. The van der Waals surface area contributed by atoms with E-state index in [-0.39, 0.29) is 0 Å². The van der Waals surface area contributed by atoms with Gasteiger partial charge < -0.3 is 10.9 Å². The predicted molar refractivity (Wildman–Crippen MR) is 70.4 cm³/mol. The Labute approximate surface area is 106 Å². The molecular formula is C12H19N3OS. The fourth-order valence-electron chi connectivity index (χ4n) is 1.95. The van der Waals surface area contributed by atoms with Gasteiger partial charge >= 0.3 is 0 Å². The summed E-state index contributed by atoms with van der Waals surface area (Å²) in [6.07, 6.45) is 4.26. The highest BCUT2D eigenvalue weighted by Gasteiger charge is 2.28. The zero-order valence-electron chi connectivity index (χ0n) is 9.88. The Morgan fingerprint density at radius 3 is 3.00 bits per heavy atom. The van der Waals surface area contributed by atoms with E-state index in [0.717, 1.165) is 25.6 Å². The number of thiophene rings is 1. The topological polar surface area (TPSA) is 61.8 Å². The SMILES string of the molecule is NC(CCCN(Cc1cccs1)C1CC1)=NO. The monoisotopic (exact) mass is 253 g/mol. The standard InChI is InChI=1S/C12H19N3OS/c13-12(14-16)4-1-7-15(10-5-6-10)9-11-3-2-8-17-11/h2-3,8,10,16H,1,4-7,9H2,(H2,13,14). The lowest BCUT2D eigenvalue weighted by atomic mass is 10.2. The molecule has 5 heteroatoms. The van der Waals surface area contributed by atoms with E-state index < -0.39 is 0 Å². The molecule has 0 aromatic carbocycles. The second-order valence-corrected chi connectivity index (χ2v) is 5.51. The molecule has 1 saturated carbocycles. The molecule has 3 N–H and O–H groups in total. The molecule has 1 aromatic heterocycles. The van der Waals surface area contributed by atoms with E-state index in [9.17, 15) is 0 Å². The lowest BCUT2D eigenvalue weighted by Gasteiger charge is -2.20. The van der Waals surface area contributed by atoms with Crippen molar-refractivity contribution in [1.82, 2.24) is 4.90 Å². The molecule has 0 amide bonds. The number of amidine groups is 1. The van der Waals surface area contributed by atoms with Gasteiger partial charge in [0.2, 0.25) is 0 Å². The summed E-state index contributed by atoms with van der Waals surface area (Å²) >= 11 is 1.81. The quantitative estimate of drug-likeness (QED) is 0.339. The Morgan fingerprint density at radius 1 is 1.59 bits per heavy atom. The van der Waals surface area contributed by atoms with Crippen molar-refractivity contribution in [2.75, 3.05) is 6.54 Å². The molecule has 0 unspecified atom stereocenters. The first-order chi connectivity index (χ1) is 8.29. The molecule has 1 aliphatic carbocycles. The predicted octanol–water partition coefficient (Wildman–Crippen LogP) is 2.24. The average molecular weight is 253 g/mol. The molecule has 17 heavy (non-hydrogen) atoms. The van der Waals surface area contributed by atoms with Crippen LogP contribution >= 0.6 is 11.3 Å². The van der Waals surface area contributed by atoms with Gasteiger partial charge in [0, 0.05) is 23.9 Å². The minimum Gasteiger partial charge on any atom is -0.409 e. The van der Waals surface area contributed by atoms with Gasteiger partial charge in [-0.3, -0.25) is 4.90 Å². The van der Waals surface area contributed by atoms with Crippen LogP contribution in [-0.2, 0) is 6.54 Å². The third kappa shape index (κ3) is 4.02. The summed E-state index contributed by atoms with van der Waals surface area (Å²) in [6, 6.07) is 5.04. The number of nitrogens with zero attached hydrogens (tertiary/aromatic N) is 2. The highest BCUT2D eigenvalue weighted by Crippen LogP contribution is 2.29. The normalized spacial score (nSPS) is 16.6. The van der Waals surface area contributed by atoms with Gasteiger partial charge in [-0.05, 0) is 37.3 Å². The number of nitrogens with two attached hydrogens (primary N) is 1. The maximum Gasteiger partial charge on any atom is 0.139 e. The second-order valence-electron chi connectivity index (χ2n) is 4.48. The summed E-state index contributed by atoms with van der Waals surface area (Å²) in [5, 5.41) is 13.6. The van der Waals surface area contributed by atoms with Gasteiger partial charge in [0.05, 0.1) is 0 Å². The molecule has 0 spiro atoms. The van der Waals surface area contributed by atoms with E-state index in [1.54, 1.807) is 0 Å². The van der Waals surface area contributed by atoms with Crippen molar-refractivity contribution >= 4 is 17.2 Å². The largest absolute Gasteiger partial charge is 0.409 e. The van der Waals surface area contributed by atoms with Crippen molar-refractivity contribution in [2.45, 2.75) is 38.3 Å². The molecule has 1 fully saturated rings. The van der Waals surface area contributed by atoms with E-state index in [2.05, 4.69) is 27.6 Å². The lowest BCUT2D eigenvalue weighted by Crippen LogP contribution is -2.27. The van der Waals surface area contributed by atoms with Crippen molar-refractivity contribution in [2.24, 2.45) is 10.9 Å². The summed E-state index contributed by atoms with van der Waals surface area (Å²) in [5.41, 5.74) is 5.47. The van der Waals surface area contributed by atoms with Crippen LogP contribution < -0.4 is 5.73 Å². The van der Waals surface area contributed by atoms with E-state index >= 15 is 0 Å². The van der Waals surface area contributed by atoms with Gasteiger partial charge in [-0.1, -0.05) is 11.2 Å². The van der Waals surface area contributed by atoms with Crippen LogP contribution in [0.15, 0.2) is 22.7 Å². The van der Waals surface area contributed by atoms with Crippen LogP contribution in [0.3, 0.4) is 0 Å². The maximum atomic E-state index is 8.48. The number of rotatable bonds is 7. The van der Waals surface area contributed by atoms with Crippen LogP contribution in [0, 0.1) is 0 Å². The molecule has 4 nitrogen and oxygen atoms in total. The Bertz CT molecular complexity index is 360. The molecule has 0 bridgehead atoms. The highest BCUT2D eigenvalue weighted by molar-refractivity contribution is 7.09. The number of hydrogen-bond acceptors (Lipinski definition) is 4. The Kier molecular flexibility index (Phi) is 4.39. The molecule has 0 saturated heterocycles. The van der Waals surface area contributed by atoms with E-state index in [1.807, 2.05) is 11.3 Å². The molecule has 94 valence electrons. The molecule has 0 radical (unpaired) electrons. The number of oxime groups is 1. The minimum absolute atomic E-state index is 0.330. The van der Waals surface area contributed by atoms with Gasteiger partial charge in [0.15, 0.2) is 0 Å². The fraction of sp³-hybridized carbons (Fsp3) is 0.583. The average Bonchev–Trinajstić information content (AvgIpc) is 3.06. The van der Waals surface area contributed by atoms with Gasteiger partial charge in [0.25, 0.3) is 0 Å². The van der Waals surface area contributed by atoms with Gasteiger partial charge in [-0.2, -0.15) is 0 Å². The van der Waals surface area contributed by atoms with Gasteiger partial charge in [-0.25, -0.2) is 0 Å². The maximum absolute atomic E-state index is 8.48. The van der Waals surface area contributed by atoms with Gasteiger partial charge in [0.1, 0.15) is 5.84 Å². The summed E-state index contributed by atoms with van der Waals surface area (Å²) in [5.74, 6) is 0.330. The first-order valence-electron chi connectivity index (χ1n) is 6.02. The Balaban J connectivity index is 1.77. The second kappa shape index (κ2) is 6.02. The minimum atomic E-state index is 0.330. The van der Waals surface area contributed by atoms with Crippen LogP contribution in [0.4, 0.5) is 0 Å². The highest BCUT2D eigenvalue weighted by atomic mass is 32.1. The van der Waals surface area contributed by atoms with Crippen molar-refractivity contribution in [3.8, 4) is 0 Å². The summed E-state index contributed by atoms with van der Waals surface area (Å²) in [6.45, 7) is 2.07. The first kappa shape index (κ1) is 12.4. The van der Waals surface area contributed by atoms with Crippen molar-refractivity contribution in [1.29, 1.82) is 0 Å². The van der Waals surface area contributed by atoms with Crippen molar-refractivity contribution < 1.29 is 5.21 Å². The third-order valence-electron chi connectivity index (χ3n) is 3.01. The van der Waals surface area contributed by atoms with Crippen LogP contribution in [0.1, 0.15) is 30.6 Å². The van der Waals surface area contributed by atoms with Crippen molar-refractivity contribution in [3.63, 3.8) is 0 Å². The zero-order valence-corrected chi connectivity index (χ0v) is 10.7. The molecule has 2 rings (SSSR count). The summed E-state index contributed by atoms with van der Waals surface area (Å²) in [7, 11) is 0. The third-order valence-corrected chi connectivity index (χ3v) is 3.87. The summed E-state index contributed by atoms with van der Waals surface area (Å²) < 4.78 is 0. The van der Waals surface area contributed by atoms with Crippen molar-refractivity contribution in [3.05, 3.63) is 22.4 Å². The Hall–Kier alpha value is -1.07. The molecular weight excluding hydrogens is 234 g/mol. The van der Waals surface area contributed by atoms with E-state index in [4.69, 9.17) is 10.9 Å². The summed E-state index contributed by atoms with van der Waals surface area (Å²) in [4.78, 5) is 3.93. The van der Waals surface area contributed by atoms with Crippen LogP contribution in [0.5, 0.6) is 0 Å². The smallest absolute Gasteiger partial charge is 0.139 e. The number of hydrogen-bond donors (Lipinski definition) is 2. The zero-order chi connectivity index (χ0) is 12.1.